The van der Waals surface area contributed by atoms with Crippen LogP contribution in [-0.4, -0.2) is 49.5 Å². The standard InChI is InChI=1S/C19H20NO3.BrH/c21-18(14-20-10-12-22-19(20)23-13-11-20)17-8-6-16(7-9-17)15-4-2-1-3-5-15;/h1-9,19H,10-14H2;1H/q+1;/p-1. The first-order chi connectivity index (χ1) is 11.3. The molecular formula is C19H20BrNO3. The Balaban J connectivity index is 0.00000169. The Morgan fingerprint density at radius 2 is 1.50 bits per heavy atom. The molecule has 0 N–H and O–H groups in total. The van der Waals surface area contributed by atoms with Crippen molar-refractivity contribution in [1.82, 2.24) is 0 Å². The molecule has 2 saturated heterocycles. The van der Waals surface area contributed by atoms with Gasteiger partial charge < -0.3 is 17.0 Å². The molecule has 0 amide bonds. The van der Waals surface area contributed by atoms with E-state index < -0.39 is 0 Å². The molecule has 0 unspecified atom stereocenters. The molecule has 2 heterocycles. The number of carbonyl (C=O) groups excluding carboxylic acids is 1. The van der Waals surface area contributed by atoms with Crippen LogP contribution in [0.25, 0.3) is 11.1 Å². The number of ketones is 1. The SMILES string of the molecule is O=C(C[N+]12CCOC1OCC2)c1ccc(-c2ccccc2)cc1.[Br-]. The van der Waals surface area contributed by atoms with Gasteiger partial charge in [0.05, 0.1) is 0 Å². The zero-order valence-electron chi connectivity index (χ0n) is 13.4. The predicted molar refractivity (Wildman–Crippen MR) is 86.8 cm³/mol. The Hall–Kier alpha value is -1.53. The van der Waals surface area contributed by atoms with Crippen molar-refractivity contribution in [3.63, 3.8) is 0 Å². The van der Waals surface area contributed by atoms with Gasteiger partial charge in [-0.25, -0.2) is 0 Å². The highest BCUT2D eigenvalue weighted by Crippen LogP contribution is 2.28. The van der Waals surface area contributed by atoms with Crippen LogP contribution in [-0.2, 0) is 9.47 Å². The molecule has 4 nitrogen and oxygen atoms in total. The molecule has 4 rings (SSSR count). The lowest BCUT2D eigenvalue weighted by molar-refractivity contribution is -0.942. The van der Waals surface area contributed by atoms with Crippen LogP contribution in [0, 0.1) is 0 Å². The van der Waals surface area contributed by atoms with Gasteiger partial charge in [-0.1, -0.05) is 54.6 Å². The van der Waals surface area contributed by atoms with Crippen LogP contribution in [0.4, 0.5) is 0 Å². The molecule has 2 aromatic carbocycles. The minimum atomic E-state index is -0.248. The van der Waals surface area contributed by atoms with Gasteiger partial charge in [0, 0.05) is 5.56 Å². The van der Waals surface area contributed by atoms with Gasteiger partial charge in [0.15, 0.2) is 0 Å². The molecule has 0 aromatic heterocycles. The highest BCUT2D eigenvalue weighted by Gasteiger charge is 2.49. The van der Waals surface area contributed by atoms with E-state index in [4.69, 9.17) is 9.47 Å². The molecule has 5 heteroatoms. The van der Waals surface area contributed by atoms with Gasteiger partial charge in [0.1, 0.15) is 32.8 Å². The van der Waals surface area contributed by atoms with Gasteiger partial charge in [-0.2, -0.15) is 0 Å². The highest BCUT2D eigenvalue weighted by atomic mass is 79.9. The van der Waals surface area contributed by atoms with Gasteiger partial charge in [0.25, 0.3) is 0 Å². The van der Waals surface area contributed by atoms with E-state index in [1.807, 2.05) is 42.5 Å². The molecule has 2 aliphatic rings. The predicted octanol–water partition coefficient (Wildman–Crippen LogP) is -0.299. The first-order valence-electron chi connectivity index (χ1n) is 8.05. The summed E-state index contributed by atoms with van der Waals surface area (Å²) in [5.74, 6) is 0.158. The molecule has 126 valence electrons. The van der Waals surface area contributed by atoms with Crippen molar-refractivity contribution >= 4 is 5.78 Å². The Bertz CT molecular complexity index is 692. The lowest BCUT2D eigenvalue weighted by Gasteiger charge is -2.29. The summed E-state index contributed by atoms with van der Waals surface area (Å²) in [6.07, 6.45) is -0.248. The average Bonchev–Trinajstić information content (AvgIpc) is 3.15. The minimum Gasteiger partial charge on any atom is -1.00 e. The van der Waals surface area contributed by atoms with Crippen LogP contribution < -0.4 is 17.0 Å². The third-order valence-corrected chi connectivity index (χ3v) is 4.81. The van der Waals surface area contributed by atoms with Crippen LogP contribution in [0.3, 0.4) is 0 Å². The number of benzene rings is 2. The lowest BCUT2D eigenvalue weighted by atomic mass is 10.0. The summed E-state index contributed by atoms with van der Waals surface area (Å²) in [6, 6.07) is 18.1. The van der Waals surface area contributed by atoms with Gasteiger partial charge in [-0.3, -0.25) is 18.8 Å². The fraction of sp³-hybridized carbons (Fsp3) is 0.316. The van der Waals surface area contributed by atoms with E-state index in [9.17, 15) is 4.79 Å². The zero-order chi connectivity index (χ0) is 15.7. The number of hydrogen-bond acceptors (Lipinski definition) is 3. The second kappa shape index (κ2) is 7.15. The molecule has 0 radical (unpaired) electrons. The maximum atomic E-state index is 12.7. The van der Waals surface area contributed by atoms with Crippen molar-refractivity contribution in [2.75, 3.05) is 32.8 Å². The normalized spacial score (nSPS) is 25.1. The monoisotopic (exact) mass is 389 g/mol. The zero-order valence-corrected chi connectivity index (χ0v) is 14.9. The van der Waals surface area contributed by atoms with E-state index in [1.54, 1.807) is 0 Å². The third kappa shape index (κ3) is 3.17. The van der Waals surface area contributed by atoms with E-state index in [0.717, 1.165) is 29.8 Å². The van der Waals surface area contributed by atoms with E-state index >= 15 is 0 Å². The maximum Gasteiger partial charge on any atom is 0.309 e. The van der Waals surface area contributed by atoms with Gasteiger partial charge >= 0.3 is 6.41 Å². The molecule has 2 fully saturated rings. The maximum absolute atomic E-state index is 12.7. The summed E-state index contributed by atoms with van der Waals surface area (Å²) in [5, 5.41) is 0. The van der Waals surface area contributed by atoms with Crippen molar-refractivity contribution in [2.24, 2.45) is 0 Å². The summed E-state index contributed by atoms with van der Waals surface area (Å²) in [6.45, 7) is 3.52. The molecule has 0 spiro atoms. The van der Waals surface area contributed by atoms with E-state index in [0.29, 0.717) is 24.2 Å². The van der Waals surface area contributed by atoms with Crippen LogP contribution in [0.5, 0.6) is 0 Å². The number of hydrogen-bond donors (Lipinski definition) is 0. The number of carbonyl (C=O) groups is 1. The third-order valence-electron chi connectivity index (χ3n) is 4.81. The van der Waals surface area contributed by atoms with Crippen LogP contribution >= 0.6 is 0 Å². The van der Waals surface area contributed by atoms with Crippen molar-refractivity contribution < 1.29 is 35.7 Å². The smallest absolute Gasteiger partial charge is 0.309 e. The van der Waals surface area contributed by atoms with Crippen molar-refractivity contribution in [3.8, 4) is 11.1 Å². The Morgan fingerprint density at radius 3 is 2.12 bits per heavy atom. The average molecular weight is 390 g/mol. The molecule has 0 saturated carbocycles. The summed E-state index contributed by atoms with van der Waals surface area (Å²) in [4.78, 5) is 12.7. The first-order valence-corrected chi connectivity index (χ1v) is 8.05. The summed E-state index contributed by atoms with van der Waals surface area (Å²) < 4.78 is 11.8. The second-order valence-electron chi connectivity index (χ2n) is 6.24. The van der Waals surface area contributed by atoms with Crippen LogP contribution in [0.15, 0.2) is 54.6 Å². The number of quaternary nitrogens is 1. The Morgan fingerprint density at radius 1 is 0.917 bits per heavy atom. The Kier molecular flexibility index (Phi) is 5.15. The highest BCUT2D eigenvalue weighted by molar-refractivity contribution is 5.97. The van der Waals surface area contributed by atoms with Crippen molar-refractivity contribution in [1.29, 1.82) is 0 Å². The number of nitrogens with zero attached hydrogens (tertiary/aromatic N) is 1. The molecule has 0 bridgehead atoms. The fourth-order valence-electron chi connectivity index (χ4n) is 3.45. The number of ether oxygens (including phenoxy) is 2. The van der Waals surface area contributed by atoms with E-state index in [1.165, 1.54) is 0 Å². The molecule has 2 aliphatic heterocycles. The Labute approximate surface area is 152 Å². The number of fused-ring (bicyclic) bond motifs is 1. The lowest BCUT2D eigenvalue weighted by Crippen LogP contribution is -3.00. The largest absolute Gasteiger partial charge is 1.00 e. The second-order valence-corrected chi connectivity index (χ2v) is 6.24. The fourth-order valence-corrected chi connectivity index (χ4v) is 3.45. The number of rotatable bonds is 4. The summed E-state index contributed by atoms with van der Waals surface area (Å²) >= 11 is 0. The molecule has 2 aromatic rings. The minimum absolute atomic E-state index is 0. The number of Topliss-reactive ketones (excluding diaryl/α,β-unsaturated/α-hetero) is 1. The number of halogens is 1. The first kappa shape index (κ1) is 17.3. The van der Waals surface area contributed by atoms with Crippen LogP contribution in [0.1, 0.15) is 10.4 Å². The molecular weight excluding hydrogens is 370 g/mol. The van der Waals surface area contributed by atoms with Crippen molar-refractivity contribution in [3.05, 3.63) is 60.2 Å². The molecule has 24 heavy (non-hydrogen) atoms. The summed E-state index contributed by atoms with van der Waals surface area (Å²) in [5.41, 5.74) is 3.05. The van der Waals surface area contributed by atoms with Gasteiger partial charge in [0.2, 0.25) is 5.78 Å². The topological polar surface area (TPSA) is 35.5 Å². The summed E-state index contributed by atoms with van der Waals surface area (Å²) in [7, 11) is 0. The quantitative estimate of drug-likeness (QED) is 0.532. The van der Waals surface area contributed by atoms with Gasteiger partial charge in [-0.05, 0) is 11.1 Å². The van der Waals surface area contributed by atoms with E-state index in [-0.39, 0.29) is 29.2 Å². The molecule has 0 aliphatic carbocycles. The van der Waals surface area contributed by atoms with Gasteiger partial charge in [-0.15, -0.1) is 0 Å². The van der Waals surface area contributed by atoms with E-state index in [2.05, 4.69) is 12.1 Å². The molecule has 0 atom stereocenters. The van der Waals surface area contributed by atoms with Crippen LogP contribution in [0.2, 0.25) is 0 Å². The van der Waals surface area contributed by atoms with Crippen molar-refractivity contribution in [2.45, 2.75) is 6.41 Å².